The molecule has 0 spiro atoms. The second-order valence-corrected chi connectivity index (χ2v) is 13.7. The molecule has 0 saturated carbocycles. The van der Waals surface area contributed by atoms with E-state index < -0.39 is 17.9 Å². The van der Waals surface area contributed by atoms with Crippen molar-refractivity contribution in [3.63, 3.8) is 0 Å². The largest absolute Gasteiger partial charge is 0.480 e. The van der Waals surface area contributed by atoms with Gasteiger partial charge < -0.3 is 10.2 Å². The zero-order chi connectivity index (χ0) is 35.7. The molecule has 4 nitrogen and oxygen atoms in total. The van der Waals surface area contributed by atoms with Gasteiger partial charge in [0.05, 0.1) is 10.9 Å². The highest BCUT2D eigenvalue weighted by Gasteiger charge is 2.42. The van der Waals surface area contributed by atoms with Crippen molar-refractivity contribution in [3.8, 4) is 11.8 Å². The molecule has 0 saturated heterocycles. The van der Waals surface area contributed by atoms with Crippen molar-refractivity contribution in [1.29, 1.82) is 0 Å². The maximum absolute atomic E-state index is 10.8. The van der Waals surface area contributed by atoms with E-state index in [2.05, 4.69) is 105 Å². The van der Waals surface area contributed by atoms with Crippen molar-refractivity contribution in [2.24, 2.45) is 11.8 Å². The molecule has 3 aliphatic rings. The van der Waals surface area contributed by atoms with Crippen molar-refractivity contribution < 1.29 is 19.8 Å². The summed E-state index contributed by atoms with van der Waals surface area (Å²) in [7, 11) is 0. The zero-order valence-electron chi connectivity index (χ0n) is 29.1. The molecule has 3 atom stereocenters. The highest BCUT2D eigenvalue weighted by molar-refractivity contribution is 6.22. The summed E-state index contributed by atoms with van der Waals surface area (Å²) in [6, 6.07) is 23.6. The highest BCUT2D eigenvalue weighted by Crippen LogP contribution is 2.51. The summed E-state index contributed by atoms with van der Waals surface area (Å²) >= 11 is 5.84. The molecule has 6 rings (SSSR count). The first-order valence-corrected chi connectivity index (χ1v) is 17.0. The number of carboxylic acids is 2. The molecule has 3 aromatic carbocycles. The van der Waals surface area contributed by atoms with Gasteiger partial charge in [-0.2, -0.15) is 0 Å². The summed E-state index contributed by atoms with van der Waals surface area (Å²) in [6.07, 6.45) is 16.3. The molecule has 3 aliphatic carbocycles. The number of benzene rings is 3. The Morgan fingerprint density at radius 2 is 1.39 bits per heavy atom. The van der Waals surface area contributed by atoms with Gasteiger partial charge in [0.15, 0.2) is 0 Å². The maximum Gasteiger partial charge on any atom is 0.335 e. The third-order valence-electron chi connectivity index (χ3n) is 9.12. The molecule has 252 valence electrons. The van der Waals surface area contributed by atoms with Crippen LogP contribution in [0.5, 0.6) is 0 Å². The van der Waals surface area contributed by atoms with E-state index >= 15 is 0 Å². The van der Waals surface area contributed by atoms with Crippen molar-refractivity contribution >= 4 is 23.5 Å². The molecule has 3 aromatic rings. The standard InChI is InChI=1S/C24H24.C11H11ClO2.C9H10O2/c1-17-8-12-20(13-9-17)24(3,21-14-10-18(2)11-15-21)23-7-5-4-6-19-16-22(19)23;1-8-3-2-4-10(12)6-5-9(7-8)11(13)14;1-6-3-4-7(2)8(5-6)9(10)11/h4-15,23H,16H2,1-3H3;2-3,7,9-10H,4H2,1H3,(H,13,14);3-5H,1-2H3,(H,10,11)/b;3-2?,8-7-;. The molecule has 0 bridgehead atoms. The van der Waals surface area contributed by atoms with E-state index in [1.807, 2.05) is 38.1 Å². The van der Waals surface area contributed by atoms with Gasteiger partial charge in [-0.15, -0.1) is 11.6 Å². The fourth-order valence-corrected chi connectivity index (χ4v) is 6.20. The Labute approximate surface area is 296 Å². The van der Waals surface area contributed by atoms with Crippen LogP contribution in [-0.4, -0.2) is 27.5 Å². The number of allylic oxidation sites excluding steroid dienone is 9. The van der Waals surface area contributed by atoms with Crippen LogP contribution < -0.4 is 0 Å². The summed E-state index contributed by atoms with van der Waals surface area (Å²) < 4.78 is 0. The molecular weight excluding hydrogens is 628 g/mol. The van der Waals surface area contributed by atoms with Crippen LogP contribution >= 0.6 is 11.6 Å². The normalized spacial score (nSPS) is 20.1. The van der Waals surface area contributed by atoms with Crippen LogP contribution in [0.15, 0.2) is 126 Å². The van der Waals surface area contributed by atoms with Crippen LogP contribution in [-0.2, 0) is 10.2 Å². The first-order valence-electron chi connectivity index (χ1n) is 16.5. The number of halogens is 1. The Morgan fingerprint density at radius 3 is 1.94 bits per heavy atom. The van der Waals surface area contributed by atoms with Gasteiger partial charge in [0.1, 0.15) is 5.92 Å². The highest BCUT2D eigenvalue weighted by atomic mass is 35.5. The maximum atomic E-state index is 10.8. The fourth-order valence-electron chi connectivity index (χ4n) is 6.04. The lowest BCUT2D eigenvalue weighted by molar-refractivity contribution is -0.138. The number of alkyl halides is 1. The summed E-state index contributed by atoms with van der Waals surface area (Å²) in [5.74, 6) is 3.24. The summed E-state index contributed by atoms with van der Waals surface area (Å²) in [4.78, 5) is 21.3. The third kappa shape index (κ3) is 9.84. The molecule has 0 aromatic heterocycles. The number of rotatable bonds is 5. The second-order valence-electron chi connectivity index (χ2n) is 13.1. The van der Waals surface area contributed by atoms with Crippen molar-refractivity contribution in [1.82, 2.24) is 0 Å². The van der Waals surface area contributed by atoms with Crippen molar-refractivity contribution in [2.45, 2.75) is 65.2 Å². The van der Waals surface area contributed by atoms with E-state index in [1.165, 1.54) is 34.2 Å². The SMILES string of the molecule is C/C1=C/C(C(=O)O)C#CC(Cl)CC=C1.Cc1ccc(C(C)(c2ccc(C)cc2)C2C=CC=CC3=C2C3)cc1.Cc1ccc(C)c(C(=O)O)c1. The molecular formula is C44H45ClO4. The van der Waals surface area contributed by atoms with Gasteiger partial charge in [-0.25, -0.2) is 4.79 Å². The summed E-state index contributed by atoms with van der Waals surface area (Å²) in [5, 5.41) is 17.2. The lowest BCUT2D eigenvalue weighted by Crippen LogP contribution is -2.32. The first kappa shape index (κ1) is 37.0. The average molecular weight is 673 g/mol. The van der Waals surface area contributed by atoms with Gasteiger partial charge in [-0.1, -0.05) is 150 Å². The van der Waals surface area contributed by atoms with Crippen LogP contribution in [0.3, 0.4) is 0 Å². The lowest BCUT2D eigenvalue weighted by atomic mass is 9.66. The Morgan fingerprint density at radius 1 is 0.796 bits per heavy atom. The van der Waals surface area contributed by atoms with Gasteiger partial charge in [-0.3, -0.25) is 4.79 Å². The van der Waals surface area contributed by atoms with E-state index in [0.717, 1.165) is 16.7 Å². The molecule has 49 heavy (non-hydrogen) atoms. The van der Waals surface area contributed by atoms with Gasteiger partial charge in [0.2, 0.25) is 0 Å². The van der Waals surface area contributed by atoms with E-state index in [0.29, 0.717) is 17.9 Å². The molecule has 2 N–H and O–H groups in total. The molecule has 5 heteroatoms. The molecule has 0 fully saturated rings. The monoisotopic (exact) mass is 672 g/mol. The number of aryl methyl sites for hydroxylation is 4. The number of hydrogen-bond donors (Lipinski definition) is 2. The van der Waals surface area contributed by atoms with Crippen LogP contribution in [0.4, 0.5) is 0 Å². The number of carbonyl (C=O) groups is 2. The molecule has 0 radical (unpaired) electrons. The van der Waals surface area contributed by atoms with Gasteiger partial charge >= 0.3 is 11.9 Å². The van der Waals surface area contributed by atoms with Crippen LogP contribution in [0.2, 0.25) is 0 Å². The number of aromatic carboxylic acids is 1. The molecule has 0 amide bonds. The molecule has 0 aliphatic heterocycles. The Bertz CT molecular complexity index is 1850. The second kappa shape index (κ2) is 16.5. The summed E-state index contributed by atoms with van der Waals surface area (Å²) in [6.45, 7) is 12.2. The quantitative estimate of drug-likeness (QED) is 0.209. The smallest absolute Gasteiger partial charge is 0.335 e. The number of hydrogen-bond acceptors (Lipinski definition) is 2. The van der Waals surface area contributed by atoms with Gasteiger partial charge in [0.25, 0.3) is 0 Å². The third-order valence-corrected chi connectivity index (χ3v) is 9.41. The van der Waals surface area contributed by atoms with Crippen LogP contribution in [0, 0.1) is 51.4 Å². The van der Waals surface area contributed by atoms with Crippen molar-refractivity contribution in [3.05, 3.63) is 165 Å². The van der Waals surface area contributed by atoms with Gasteiger partial charge in [0, 0.05) is 11.3 Å². The average Bonchev–Trinajstić information content (AvgIpc) is 3.84. The zero-order valence-corrected chi connectivity index (χ0v) is 29.9. The van der Waals surface area contributed by atoms with Crippen LogP contribution in [0.1, 0.15) is 70.4 Å². The molecule has 3 unspecified atom stereocenters. The first-order chi connectivity index (χ1) is 23.3. The van der Waals surface area contributed by atoms with Crippen LogP contribution in [0.25, 0.3) is 0 Å². The van der Waals surface area contributed by atoms with Gasteiger partial charge in [-0.05, 0) is 75.8 Å². The topological polar surface area (TPSA) is 74.6 Å². The van der Waals surface area contributed by atoms with E-state index in [9.17, 15) is 9.59 Å². The summed E-state index contributed by atoms with van der Waals surface area (Å²) in [5.41, 5.74) is 11.6. The number of carboxylic acid groups (broad SMARTS) is 2. The Kier molecular flexibility index (Phi) is 12.5. The van der Waals surface area contributed by atoms with E-state index in [-0.39, 0.29) is 10.8 Å². The minimum atomic E-state index is -0.934. The van der Waals surface area contributed by atoms with E-state index in [4.69, 9.17) is 21.8 Å². The fraction of sp³-hybridized carbons (Fsp3) is 0.273. The molecule has 0 heterocycles. The number of aliphatic carboxylic acids is 1. The Hall–Kier alpha value is -4.85. The van der Waals surface area contributed by atoms with E-state index in [1.54, 1.807) is 24.6 Å². The minimum absolute atomic E-state index is 0.0407. The predicted octanol–water partition coefficient (Wildman–Crippen LogP) is 10.3. The minimum Gasteiger partial charge on any atom is -0.480 e. The van der Waals surface area contributed by atoms with Crippen molar-refractivity contribution in [2.75, 3.05) is 0 Å². The Balaban J connectivity index is 0.000000184. The lowest BCUT2D eigenvalue weighted by Gasteiger charge is -2.37. The predicted molar refractivity (Wildman–Crippen MR) is 201 cm³/mol.